The van der Waals surface area contributed by atoms with Crippen LogP contribution in [0.4, 0.5) is 11.6 Å². The van der Waals surface area contributed by atoms with E-state index in [9.17, 15) is 4.79 Å². The van der Waals surface area contributed by atoms with Gasteiger partial charge in [-0.15, -0.1) is 0 Å². The van der Waals surface area contributed by atoms with Crippen molar-refractivity contribution in [1.82, 2.24) is 20.3 Å². The number of ether oxygens (including phenoxy) is 1. The number of nitrogen functional groups attached to an aromatic ring is 1. The SMILES string of the molecule is Nc1nccnc1C(=O)NCc1ccc(N2CCOCC2)nc1. The Kier molecular flexibility index (Phi) is 4.62. The molecule has 0 unspecified atom stereocenters. The topological polar surface area (TPSA) is 106 Å². The number of carbonyl (C=O) groups is 1. The van der Waals surface area contributed by atoms with E-state index in [4.69, 9.17) is 10.5 Å². The Bertz CT molecular complexity index is 670. The summed E-state index contributed by atoms with van der Waals surface area (Å²) in [5, 5.41) is 2.76. The molecule has 1 fully saturated rings. The first-order chi connectivity index (χ1) is 11.2. The van der Waals surface area contributed by atoms with E-state index < -0.39 is 0 Å². The van der Waals surface area contributed by atoms with Crippen molar-refractivity contribution in [2.75, 3.05) is 36.9 Å². The smallest absolute Gasteiger partial charge is 0.273 e. The molecule has 0 aromatic carbocycles. The fraction of sp³-hybridized carbons (Fsp3) is 0.333. The Morgan fingerprint density at radius 3 is 2.70 bits per heavy atom. The number of hydrogen-bond donors (Lipinski definition) is 2. The number of morpholine rings is 1. The van der Waals surface area contributed by atoms with Crippen LogP contribution in [0.25, 0.3) is 0 Å². The molecule has 8 heteroatoms. The highest BCUT2D eigenvalue weighted by Gasteiger charge is 2.13. The molecule has 0 spiro atoms. The van der Waals surface area contributed by atoms with Crippen molar-refractivity contribution >= 4 is 17.5 Å². The minimum absolute atomic E-state index is 0.116. The van der Waals surface area contributed by atoms with Crippen molar-refractivity contribution in [3.8, 4) is 0 Å². The molecule has 0 aliphatic carbocycles. The van der Waals surface area contributed by atoms with Gasteiger partial charge in [0, 0.05) is 38.2 Å². The van der Waals surface area contributed by atoms with Gasteiger partial charge in [0.25, 0.3) is 5.91 Å². The number of amides is 1. The maximum absolute atomic E-state index is 12.0. The molecule has 3 rings (SSSR count). The van der Waals surface area contributed by atoms with Crippen LogP contribution in [-0.4, -0.2) is 47.2 Å². The molecule has 8 nitrogen and oxygen atoms in total. The van der Waals surface area contributed by atoms with Crippen LogP contribution in [0.15, 0.2) is 30.7 Å². The lowest BCUT2D eigenvalue weighted by Crippen LogP contribution is -2.36. The molecule has 3 N–H and O–H groups in total. The van der Waals surface area contributed by atoms with Gasteiger partial charge in [0.2, 0.25) is 0 Å². The van der Waals surface area contributed by atoms with E-state index in [1.54, 1.807) is 6.20 Å². The summed E-state index contributed by atoms with van der Waals surface area (Å²) in [6.07, 6.45) is 4.63. The largest absolute Gasteiger partial charge is 0.382 e. The number of nitrogens with zero attached hydrogens (tertiary/aromatic N) is 4. The van der Waals surface area contributed by atoms with Crippen molar-refractivity contribution in [1.29, 1.82) is 0 Å². The molecular weight excluding hydrogens is 296 g/mol. The van der Waals surface area contributed by atoms with Gasteiger partial charge < -0.3 is 20.7 Å². The molecule has 2 aromatic heterocycles. The molecule has 0 atom stereocenters. The third-order valence-corrected chi connectivity index (χ3v) is 3.54. The zero-order valence-electron chi connectivity index (χ0n) is 12.6. The number of aromatic nitrogens is 3. The van der Waals surface area contributed by atoms with E-state index in [1.807, 2.05) is 12.1 Å². The van der Waals surface area contributed by atoms with E-state index in [2.05, 4.69) is 25.2 Å². The van der Waals surface area contributed by atoms with Crippen LogP contribution in [0.5, 0.6) is 0 Å². The van der Waals surface area contributed by atoms with Gasteiger partial charge in [-0.25, -0.2) is 15.0 Å². The zero-order chi connectivity index (χ0) is 16.1. The lowest BCUT2D eigenvalue weighted by atomic mass is 10.2. The molecule has 0 saturated carbocycles. The fourth-order valence-corrected chi connectivity index (χ4v) is 2.29. The molecular formula is C15H18N6O2. The van der Waals surface area contributed by atoms with Crippen LogP contribution in [0, 0.1) is 0 Å². The van der Waals surface area contributed by atoms with Gasteiger partial charge in [0.05, 0.1) is 13.2 Å². The summed E-state index contributed by atoms with van der Waals surface area (Å²) < 4.78 is 5.32. The Morgan fingerprint density at radius 2 is 2.00 bits per heavy atom. The quantitative estimate of drug-likeness (QED) is 0.831. The second-order valence-corrected chi connectivity index (χ2v) is 5.10. The average molecular weight is 314 g/mol. The zero-order valence-corrected chi connectivity index (χ0v) is 12.6. The normalized spacial score (nSPS) is 14.5. The highest BCUT2D eigenvalue weighted by molar-refractivity contribution is 5.96. The van der Waals surface area contributed by atoms with E-state index >= 15 is 0 Å². The maximum atomic E-state index is 12.0. The lowest BCUT2D eigenvalue weighted by molar-refractivity contribution is 0.0946. The minimum atomic E-state index is -0.354. The standard InChI is InChI=1S/C15H18N6O2/c16-14-13(17-3-4-18-14)15(22)20-10-11-1-2-12(19-9-11)21-5-7-23-8-6-21/h1-4,9H,5-8,10H2,(H2,16,18)(H,20,22). The van der Waals surface area contributed by atoms with Crippen LogP contribution in [0.3, 0.4) is 0 Å². The van der Waals surface area contributed by atoms with Gasteiger partial charge in [0.1, 0.15) is 5.82 Å². The van der Waals surface area contributed by atoms with Crippen LogP contribution in [-0.2, 0) is 11.3 Å². The molecule has 1 aliphatic heterocycles. The molecule has 120 valence electrons. The van der Waals surface area contributed by atoms with Crippen molar-refractivity contribution in [2.24, 2.45) is 0 Å². The number of nitrogens with one attached hydrogen (secondary N) is 1. The Balaban J connectivity index is 1.58. The van der Waals surface area contributed by atoms with Gasteiger partial charge in [0.15, 0.2) is 11.5 Å². The molecule has 1 amide bonds. The van der Waals surface area contributed by atoms with Gasteiger partial charge >= 0.3 is 0 Å². The molecule has 0 bridgehead atoms. The molecule has 1 aliphatic rings. The third-order valence-electron chi connectivity index (χ3n) is 3.54. The number of pyridine rings is 1. The maximum Gasteiger partial charge on any atom is 0.273 e. The highest BCUT2D eigenvalue weighted by atomic mass is 16.5. The molecule has 23 heavy (non-hydrogen) atoms. The van der Waals surface area contributed by atoms with Crippen LogP contribution >= 0.6 is 0 Å². The number of carbonyl (C=O) groups excluding carboxylic acids is 1. The summed E-state index contributed by atoms with van der Waals surface area (Å²) in [6, 6.07) is 3.89. The first-order valence-electron chi connectivity index (χ1n) is 7.36. The predicted octanol–water partition coefficient (Wildman–Crippen LogP) is 0.220. The van der Waals surface area contributed by atoms with Gasteiger partial charge in [-0.3, -0.25) is 4.79 Å². The number of hydrogen-bond acceptors (Lipinski definition) is 7. The highest BCUT2D eigenvalue weighted by Crippen LogP contribution is 2.13. The van der Waals surface area contributed by atoms with E-state index in [0.717, 1.165) is 37.7 Å². The lowest BCUT2D eigenvalue weighted by Gasteiger charge is -2.27. The van der Waals surface area contributed by atoms with Crippen molar-refractivity contribution in [3.05, 3.63) is 42.0 Å². The first-order valence-corrected chi connectivity index (χ1v) is 7.36. The summed E-state index contributed by atoms with van der Waals surface area (Å²) in [6.45, 7) is 3.48. The van der Waals surface area contributed by atoms with Gasteiger partial charge in [-0.05, 0) is 11.6 Å². The summed E-state index contributed by atoms with van der Waals surface area (Å²) >= 11 is 0. The first kappa shape index (κ1) is 15.2. The van der Waals surface area contributed by atoms with Crippen LogP contribution in [0.2, 0.25) is 0 Å². The summed E-state index contributed by atoms with van der Waals surface area (Å²) in [4.78, 5) is 26.4. The van der Waals surface area contributed by atoms with Crippen LogP contribution in [0.1, 0.15) is 16.1 Å². The number of anilines is 2. The third kappa shape index (κ3) is 3.72. The van der Waals surface area contributed by atoms with Crippen LogP contribution < -0.4 is 16.0 Å². The predicted molar refractivity (Wildman–Crippen MR) is 84.9 cm³/mol. The molecule has 2 aromatic rings. The Labute approximate surface area is 133 Å². The molecule has 3 heterocycles. The van der Waals surface area contributed by atoms with Gasteiger partial charge in [-0.1, -0.05) is 6.07 Å². The second-order valence-electron chi connectivity index (χ2n) is 5.10. The summed E-state index contributed by atoms with van der Waals surface area (Å²) in [5.74, 6) is 0.681. The number of rotatable bonds is 4. The van der Waals surface area contributed by atoms with E-state index in [0.29, 0.717) is 6.54 Å². The number of nitrogens with two attached hydrogens (primary N) is 1. The fourth-order valence-electron chi connectivity index (χ4n) is 2.29. The van der Waals surface area contributed by atoms with Crippen molar-refractivity contribution < 1.29 is 9.53 Å². The molecule has 1 saturated heterocycles. The Morgan fingerprint density at radius 1 is 1.22 bits per heavy atom. The summed E-state index contributed by atoms with van der Waals surface area (Å²) in [7, 11) is 0. The van der Waals surface area contributed by atoms with Crippen molar-refractivity contribution in [3.63, 3.8) is 0 Å². The average Bonchev–Trinajstić information content (AvgIpc) is 2.61. The van der Waals surface area contributed by atoms with Gasteiger partial charge in [-0.2, -0.15) is 0 Å². The second kappa shape index (κ2) is 7.01. The van der Waals surface area contributed by atoms with Crippen molar-refractivity contribution in [2.45, 2.75) is 6.54 Å². The Hall–Kier alpha value is -2.74. The monoisotopic (exact) mass is 314 g/mol. The van der Waals surface area contributed by atoms with E-state index in [1.165, 1.54) is 12.4 Å². The summed E-state index contributed by atoms with van der Waals surface area (Å²) in [5.41, 5.74) is 6.66. The minimum Gasteiger partial charge on any atom is -0.382 e. The molecule has 0 radical (unpaired) electrons. The van der Waals surface area contributed by atoms with E-state index in [-0.39, 0.29) is 17.4 Å².